The van der Waals surface area contributed by atoms with Crippen LogP contribution < -0.4 is 11.1 Å². The van der Waals surface area contributed by atoms with E-state index in [9.17, 15) is 0 Å². The number of nitrogens with zero attached hydrogens (tertiary/aromatic N) is 2. The number of fused-ring (bicyclic) bond motifs is 1. The number of hydrogen-bond donors (Lipinski definition) is 4. The van der Waals surface area contributed by atoms with E-state index in [-0.39, 0.29) is 0 Å². The first kappa shape index (κ1) is 19.3. The Hall–Kier alpha value is -2.44. The van der Waals surface area contributed by atoms with E-state index in [0.717, 1.165) is 73.0 Å². The Bertz CT molecular complexity index is 874. The summed E-state index contributed by atoms with van der Waals surface area (Å²) in [4.78, 5) is 4.74. The van der Waals surface area contributed by atoms with E-state index in [1.54, 1.807) is 0 Å². The highest BCUT2D eigenvalue weighted by molar-refractivity contribution is 5.91. The fourth-order valence-corrected chi connectivity index (χ4v) is 3.39. The molecule has 0 amide bonds. The number of aromatic amines is 1. The summed E-state index contributed by atoms with van der Waals surface area (Å²) in [6.45, 7) is 4.27. The Labute approximate surface area is 160 Å². The van der Waals surface area contributed by atoms with Gasteiger partial charge in [0.1, 0.15) is 0 Å². The number of rotatable bonds is 10. The van der Waals surface area contributed by atoms with E-state index in [2.05, 4.69) is 40.6 Å². The molecule has 0 radical (unpaired) electrons. The van der Waals surface area contributed by atoms with Gasteiger partial charge >= 0.3 is 0 Å². The molecular formula is C21H29N5O. The van der Waals surface area contributed by atoms with Gasteiger partial charge in [0.25, 0.3) is 0 Å². The molecule has 0 bridgehead atoms. The summed E-state index contributed by atoms with van der Waals surface area (Å²) in [7, 11) is 0. The van der Waals surface area contributed by atoms with Crippen LogP contribution in [0.5, 0.6) is 0 Å². The first-order valence-electron chi connectivity index (χ1n) is 9.71. The number of aliphatic hydroxyl groups is 1. The van der Waals surface area contributed by atoms with Crippen LogP contribution in [0.25, 0.3) is 22.3 Å². The molecule has 0 saturated carbocycles. The number of aliphatic hydroxyl groups excluding tert-OH is 1. The summed E-state index contributed by atoms with van der Waals surface area (Å²) >= 11 is 0. The molecule has 0 unspecified atom stereocenters. The molecule has 2 heterocycles. The van der Waals surface area contributed by atoms with E-state index in [4.69, 9.17) is 15.8 Å². The van der Waals surface area contributed by atoms with Crippen LogP contribution in [-0.4, -0.2) is 40.0 Å². The number of hydrogen-bond acceptors (Lipinski definition) is 5. The van der Waals surface area contributed by atoms with Crippen LogP contribution in [0.3, 0.4) is 0 Å². The lowest BCUT2D eigenvalue weighted by Crippen LogP contribution is -2.18. The van der Waals surface area contributed by atoms with Crippen molar-refractivity contribution in [3.63, 3.8) is 0 Å². The SMILES string of the molecule is Cc1ccccc1-c1cc(CCNCCCCCCO)c2c(N)n[nH]c2n1. The van der Waals surface area contributed by atoms with Crippen molar-refractivity contribution in [2.75, 3.05) is 25.4 Å². The van der Waals surface area contributed by atoms with Gasteiger partial charge in [-0.05, 0) is 56.5 Å². The maximum Gasteiger partial charge on any atom is 0.158 e. The second kappa shape index (κ2) is 9.48. The first-order valence-corrected chi connectivity index (χ1v) is 9.71. The Kier molecular flexibility index (Phi) is 6.79. The number of nitrogens with two attached hydrogens (primary N) is 1. The molecule has 0 saturated heterocycles. The number of anilines is 1. The van der Waals surface area contributed by atoms with Crippen molar-refractivity contribution in [2.45, 2.75) is 39.0 Å². The fourth-order valence-electron chi connectivity index (χ4n) is 3.39. The minimum atomic E-state index is 0.292. The van der Waals surface area contributed by atoms with E-state index in [1.165, 1.54) is 5.56 Å². The van der Waals surface area contributed by atoms with Gasteiger partial charge < -0.3 is 16.2 Å². The highest BCUT2D eigenvalue weighted by Crippen LogP contribution is 2.28. The zero-order valence-corrected chi connectivity index (χ0v) is 16.0. The predicted octanol–water partition coefficient (Wildman–Crippen LogP) is 3.20. The van der Waals surface area contributed by atoms with Crippen LogP contribution in [0.4, 0.5) is 5.82 Å². The zero-order valence-electron chi connectivity index (χ0n) is 16.0. The first-order chi connectivity index (χ1) is 13.2. The van der Waals surface area contributed by atoms with Crippen molar-refractivity contribution in [2.24, 2.45) is 0 Å². The zero-order chi connectivity index (χ0) is 19.1. The molecule has 0 aliphatic carbocycles. The number of H-pyrrole nitrogens is 1. The van der Waals surface area contributed by atoms with Crippen LogP contribution in [0.2, 0.25) is 0 Å². The van der Waals surface area contributed by atoms with Gasteiger partial charge in [-0.25, -0.2) is 4.98 Å². The minimum absolute atomic E-state index is 0.292. The molecule has 3 aromatic rings. The highest BCUT2D eigenvalue weighted by Gasteiger charge is 2.13. The number of nitrogen functional groups attached to an aromatic ring is 1. The van der Waals surface area contributed by atoms with Crippen molar-refractivity contribution in [1.82, 2.24) is 20.5 Å². The van der Waals surface area contributed by atoms with Gasteiger partial charge in [-0.2, -0.15) is 5.10 Å². The molecule has 144 valence electrons. The molecule has 0 spiro atoms. The largest absolute Gasteiger partial charge is 0.396 e. The van der Waals surface area contributed by atoms with E-state index in [1.807, 2.05) is 12.1 Å². The number of nitrogens with one attached hydrogen (secondary N) is 2. The average molecular weight is 367 g/mol. The van der Waals surface area contributed by atoms with Crippen molar-refractivity contribution >= 4 is 16.9 Å². The topological polar surface area (TPSA) is 99.9 Å². The molecule has 6 nitrogen and oxygen atoms in total. The maximum absolute atomic E-state index is 8.81. The smallest absolute Gasteiger partial charge is 0.158 e. The molecular weight excluding hydrogens is 338 g/mol. The Balaban J connectivity index is 1.70. The summed E-state index contributed by atoms with van der Waals surface area (Å²) in [5.41, 5.74) is 11.3. The molecule has 3 rings (SSSR count). The average Bonchev–Trinajstić information content (AvgIpc) is 3.05. The Morgan fingerprint density at radius 1 is 1.11 bits per heavy atom. The van der Waals surface area contributed by atoms with Crippen molar-refractivity contribution in [1.29, 1.82) is 0 Å². The van der Waals surface area contributed by atoms with Crippen LogP contribution in [0, 0.1) is 6.92 Å². The molecule has 0 atom stereocenters. The monoisotopic (exact) mass is 367 g/mol. The normalized spacial score (nSPS) is 11.3. The number of benzene rings is 1. The van der Waals surface area contributed by atoms with Gasteiger partial charge in [0.15, 0.2) is 11.5 Å². The molecule has 0 aliphatic heterocycles. The third kappa shape index (κ3) is 4.84. The number of unbranched alkanes of at least 4 members (excludes halogenated alkanes) is 3. The maximum atomic E-state index is 8.81. The summed E-state index contributed by atoms with van der Waals surface area (Å²) < 4.78 is 0. The molecule has 1 aromatic carbocycles. The fraction of sp³-hybridized carbons (Fsp3) is 0.429. The standard InChI is InChI=1S/C21H29N5O/c1-15-8-4-5-9-17(15)18-14-16(19-20(22)25-26-21(19)24-18)10-12-23-11-6-2-3-7-13-27/h4-5,8-9,14,23,27H,2-3,6-7,10-13H2,1H3,(H3,22,24,25,26). The van der Waals surface area contributed by atoms with Gasteiger partial charge in [0.05, 0.1) is 11.1 Å². The molecule has 0 aliphatic rings. The van der Waals surface area contributed by atoms with E-state index >= 15 is 0 Å². The molecule has 0 fully saturated rings. The van der Waals surface area contributed by atoms with E-state index < -0.39 is 0 Å². The Morgan fingerprint density at radius 2 is 1.93 bits per heavy atom. The quantitative estimate of drug-likeness (QED) is 0.412. The second-order valence-corrected chi connectivity index (χ2v) is 6.95. The minimum Gasteiger partial charge on any atom is -0.396 e. The van der Waals surface area contributed by atoms with Crippen molar-refractivity contribution in [3.8, 4) is 11.3 Å². The van der Waals surface area contributed by atoms with Gasteiger partial charge in [-0.3, -0.25) is 5.10 Å². The van der Waals surface area contributed by atoms with Gasteiger partial charge in [-0.1, -0.05) is 37.1 Å². The number of aromatic nitrogens is 3. The van der Waals surface area contributed by atoms with Crippen molar-refractivity contribution in [3.05, 3.63) is 41.5 Å². The van der Waals surface area contributed by atoms with Crippen LogP contribution in [0.15, 0.2) is 30.3 Å². The lowest BCUT2D eigenvalue weighted by atomic mass is 10.0. The molecule has 5 N–H and O–H groups in total. The van der Waals surface area contributed by atoms with Crippen LogP contribution >= 0.6 is 0 Å². The van der Waals surface area contributed by atoms with Crippen LogP contribution in [-0.2, 0) is 6.42 Å². The third-order valence-corrected chi connectivity index (χ3v) is 4.89. The second-order valence-electron chi connectivity index (χ2n) is 6.95. The summed E-state index contributed by atoms with van der Waals surface area (Å²) in [5.74, 6) is 0.507. The lowest BCUT2D eigenvalue weighted by molar-refractivity contribution is 0.282. The summed E-state index contributed by atoms with van der Waals surface area (Å²) in [6.07, 6.45) is 5.15. The van der Waals surface area contributed by atoms with Gasteiger partial charge in [0, 0.05) is 12.2 Å². The molecule has 2 aromatic heterocycles. The van der Waals surface area contributed by atoms with Crippen molar-refractivity contribution < 1.29 is 5.11 Å². The van der Waals surface area contributed by atoms with Gasteiger partial charge in [0.2, 0.25) is 0 Å². The van der Waals surface area contributed by atoms with Crippen LogP contribution in [0.1, 0.15) is 36.8 Å². The third-order valence-electron chi connectivity index (χ3n) is 4.89. The molecule has 6 heteroatoms. The summed E-state index contributed by atoms with van der Waals surface area (Å²) in [6, 6.07) is 10.4. The number of pyridine rings is 1. The predicted molar refractivity (Wildman–Crippen MR) is 111 cm³/mol. The van der Waals surface area contributed by atoms with E-state index in [0.29, 0.717) is 12.4 Å². The summed E-state index contributed by atoms with van der Waals surface area (Å²) in [5, 5.41) is 20.3. The Morgan fingerprint density at radius 3 is 2.74 bits per heavy atom. The lowest BCUT2D eigenvalue weighted by Gasteiger charge is -2.10. The highest BCUT2D eigenvalue weighted by atomic mass is 16.2. The van der Waals surface area contributed by atoms with Gasteiger partial charge in [-0.15, -0.1) is 0 Å². The molecule has 27 heavy (non-hydrogen) atoms. The number of aryl methyl sites for hydroxylation is 1.